The van der Waals surface area contributed by atoms with E-state index in [9.17, 15) is 4.79 Å². The molecule has 116 valence electrons. The molecule has 0 aliphatic carbocycles. The van der Waals surface area contributed by atoms with Gasteiger partial charge in [-0.05, 0) is 43.7 Å². The van der Waals surface area contributed by atoms with Gasteiger partial charge in [0.25, 0.3) is 5.91 Å². The third kappa shape index (κ3) is 4.25. The summed E-state index contributed by atoms with van der Waals surface area (Å²) in [5, 5.41) is 2.95. The van der Waals surface area contributed by atoms with Crippen LogP contribution in [0.5, 0.6) is 11.5 Å². The van der Waals surface area contributed by atoms with Crippen LogP contribution >= 0.6 is 0 Å². The van der Waals surface area contributed by atoms with Crippen molar-refractivity contribution in [2.75, 3.05) is 7.11 Å². The fraction of sp³-hybridized carbons (Fsp3) is 0.278. The molecule has 4 nitrogen and oxygen atoms in total. The van der Waals surface area contributed by atoms with Gasteiger partial charge in [0.05, 0.1) is 13.2 Å². The minimum Gasteiger partial charge on any atom is -0.497 e. The molecule has 0 aliphatic rings. The van der Waals surface area contributed by atoms with Crippen molar-refractivity contribution >= 4 is 5.91 Å². The van der Waals surface area contributed by atoms with Crippen molar-refractivity contribution in [3.63, 3.8) is 0 Å². The third-order valence-electron chi connectivity index (χ3n) is 3.38. The molecule has 0 bridgehead atoms. The summed E-state index contributed by atoms with van der Waals surface area (Å²) in [5.41, 5.74) is 0.986. The first-order valence-electron chi connectivity index (χ1n) is 7.26. The van der Waals surface area contributed by atoms with Gasteiger partial charge in [0, 0.05) is 0 Å². The van der Waals surface area contributed by atoms with Gasteiger partial charge in [-0.25, -0.2) is 0 Å². The predicted octanol–water partition coefficient (Wildman–Crippen LogP) is 3.34. The molecule has 4 heteroatoms. The molecule has 0 saturated carbocycles. The topological polar surface area (TPSA) is 47.6 Å². The highest BCUT2D eigenvalue weighted by molar-refractivity contribution is 5.81. The smallest absolute Gasteiger partial charge is 0.261 e. The first-order chi connectivity index (χ1) is 10.6. The summed E-state index contributed by atoms with van der Waals surface area (Å²) in [5.74, 6) is 1.30. The van der Waals surface area contributed by atoms with E-state index in [4.69, 9.17) is 9.47 Å². The molecule has 2 rings (SSSR count). The van der Waals surface area contributed by atoms with Gasteiger partial charge >= 0.3 is 0 Å². The number of hydrogen-bond donors (Lipinski definition) is 1. The van der Waals surface area contributed by atoms with Gasteiger partial charge in [-0.3, -0.25) is 4.79 Å². The third-order valence-corrected chi connectivity index (χ3v) is 3.38. The lowest BCUT2D eigenvalue weighted by Crippen LogP contribution is -2.37. The molecule has 2 aromatic rings. The summed E-state index contributed by atoms with van der Waals surface area (Å²) in [7, 11) is 1.62. The second-order valence-corrected chi connectivity index (χ2v) is 5.08. The van der Waals surface area contributed by atoms with Gasteiger partial charge in [-0.15, -0.1) is 0 Å². The molecule has 22 heavy (non-hydrogen) atoms. The Bertz CT molecular complexity index is 613. The molecule has 2 aromatic carbocycles. The Morgan fingerprint density at radius 1 is 1.00 bits per heavy atom. The number of amides is 1. The van der Waals surface area contributed by atoms with Gasteiger partial charge in [-0.2, -0.15) is 0 Å². The van der Waals surface area contributed by atoms with Crippen LogP contribution in [0.3, 0.4) is 0 Å². The van der Waals surface area contributed by atoms with Crippen LogP contribution in [0.4, 0.5) is 0 Å². The summed E-state index contributed by atoms with van der Waals surface area (Å²) in [4.78, 5) is 12.2. The Kier molecular flexibility index (Phi) is 5.42. The number of rotatable bonds is 6. The van der Waals surface area contributed by atoms with Gasteiger partial charge in [-0.1, -0.05) is 30.3 Å². The summed E-state index contributed by atoms with van der Waals surface area (Å²) in [6.45, 7) is 3.67. The van der Waals surface area contributed by atoms with Crippen LogP contribution in [0.2, 0.25) is 0 Å². The number of hydrogen-bond acceptors (Lipinski definition) is 3. The van der Waals surface area contributed by atoms with Crippen LogP contribution in [0.1, 0.15) is 25.5 Å². The molecule has 2 atom stereocenters. The number of methoxy groups -OCH3 is 1. The first-order valence-corrected chi connectivity index (χ1v) is 7.26. The predicted molar refractivity (Wildman–Crippen MR) is 86.1 cm³/mol. The van der Waals surface area contributed by atoms with E-state index >= 15 is 0 Å². The molecule has 0 fully saturated rings. The zero-order valence-corrected chi connectivity index (χ0v) is 13.1. The van der Waals surface area contributed by atoms with Crippen LogP contribution in [-0.4, -0.2) is 19.1 Å². The molecule has 0 heterocycles. The molecule has 0 saturated heterocycles. The van der Waals surface area contributed by atoms with Gasteiger partial charge in [0.15, 0.2) is 6.10 Å². The highest BCUT2D eigenvalue weighted by Crippen LogP contribution is 2.19. The van der Waals surface area contributed by atoms with Crippen LogP contribution in [-0.2, 0) is 4.79 Å². The summed E-state index contributed by atoms with van der Waals surface area (Å²) >= 11 is 0. The number of ether oxygens (including phenoxy) is 2. The maximum atomic E-state index is 12.2. The van der Waals surface area contributed by atoms with Crippen molar-refractivity contribution in [3.05, 3.63) is 60.2 Å². The average Bonchev–Trinajstić information content (AvgIpc) is 2.55. The molecule has 1 amide bonds. The molecule has 1 N–H and O–H groups in total. The summed E-state index contributed by atoms with van der Waals surface area (Å²) in [6.07, 6.45) is -0.560. The largest absolute Gasteiger partial charge is 0.497 e. The van der Waals surface area contributed by atoms with E-state index < -0.39 is 6.10 Å². The van der Waals surface area contributed by atoms with Crippen molar-refractivity contribution in [1.29, 1.82) is 0 Å². The SMILES string of the molecule is COc1cccc([C@@H](C)NC(=O)[C@H](C)Oc2ccccc2)c1. The zero-order chi connectivity index (χ0) is 15.9. The molecule has 0 aliphatic heterocycles. The number of nitrogens with one attached hydrogen (secondary N) is 1. The van der Waals surface area contributed by atoms with Crippen molar-refractivity contribution < 1.29 is 14.3 Å². The van der Waals surface area contributed by atoms with Crippen LogP contribution in [0, 0.1) is 0 Å². The van der Waals surface area contributed by atoms with E-state index in [2.05, 4.69) is 5.32 Å². The standard InChI is InChI=1S/C18H21NO3/c1-13(15-8-7-11-17(12-15)21-3)19-18(20)14(2)22-16-9-5-4-6-10-16/h4-14H,1-3H3,(H,19,20)/t13-,14+/m1/s1. The lowest BCUT2D eigenvalue weighted by molar-refractivity contribution is -0.127. The Hall–Kier alpha value is -2.49. The van der Waals surface area contributed by atoms with E-state index in [1.165, 1.54) is 0 Å². The average molecular weight is 299 g/mol. The van der Waals surface area contributed by atoms with Gasteiger partial charge in [0.1, 0.15) is 11.5 Å². The number of carbonyl (C=O) groups excluding carboxylic acids is 1. The highest BCUT2D eigenvalue weighted by Gasteiger charge is 2.17. The normalized spacial score (nSPS) is 13.0. The molecule has 0 unspecified atom stereocenters. The molecule has 0 spiro atoms. The van der Waals surface area contributed by atoms with Gasteiger partial charge in [0.2, 0.25) is 0 Å². The van der Waals surface area contributed by atoms with Crippen LogP contribution < -0.4 is 14.8 Å². The zero-order valence-electron chi connectivity index (χ0n) is 13.1. The van der Waals surface area contributed by atoms with E-state index in [-0.39, 0.29) is 11.9 Å². The Morgan fingerprint density at radius 3 is 2.36 bits per heavy atom. The molecular weight excluding hydrogens is 278 g/mol. The van der Waals surface area contributed by atoms with Crippen LogP contribution in [0.25, 0.3) is 0 Å². The van der Waals surface area contributed by atoms with Crippen molar-refractivity contribution in [2.24, 2.45) is 0 Å². The summed E-state index contributed by atoms with van der Waals surface area (Å²) < 4.78 is 10.8. The van der Waals surface area contributed by atoms with Crippen LogP contribution in [0.15, 0.2) is 54.6 Å². The van der Waals surface area contributed by atoms with Crippen molar-refractivity contribution in [2.45, 2.75) is 26.0 Å². The fourth-order valence-electron chi connectivity index (χ4n) is 2.08. The Labute approximate surface area is 131 Å². The van der Waals surface area contributed by atoms with E-state index in [0.29, 0.717) is 5.75 Å². The monoisotopic (exact) mass is 299 g/mol. The fourth-order valence-corrected chi connectivity index (χ4v) is 2.08. The first kappa shape index (κ1) is 15.9. The van der Waals surface area contributed by atoms with Crippen molar-refractivity contribution in [3.8, 4) is 11.5 Å². The maximum Gasteiger partial charge on any atom is 0.261 e. The Balaban J connectivity index is 1.95. The highest BCUT2D eigenvalue weighted by atomic mass is 16.5. The molecular formula is C18H21NO3. The quantitative estimate of drug-likeness (QED) is 0.890. The molecule has 0 aromatic heterocycles. The van der Waals surface area contributed by atoms with E-state index in [0.717, 1.165) is 11.3 Å². The lowest BCUT2D eigenvalue weighted by atomic mass is 10.1. The second kappa shape index (κ2) is 7.50. The number of carbonyl (C=O) groups is 1. The minimum atomic E-state index is -0.560. The van der Waals surface area contributed by atoms with E-state index in [1.807, 2.05) is 61.5 Å². The summed E-state index contributed by atoms with van der Waals surface area (Å²) in [6, 6.07) is 16.8. The Morgan fingerprint density at radius 2 is 1.68 bits per heavy atom. The number of benzene rings is 2. The van der Waals surface area contributed by atoms with E-state index in [1.54, 1.807) is 14.0 Å². The molecule has 0 radical (unpaired) electrons. The van der Waals surface area contributed by atoms with Gasteiger partial charge < -0.3 is 14.8 Å². The van der Waals surface area contributed by atoms with Crippen molar-refractivity contribution in [1.82, 2.24) is 5.32 Å². The maximum absolute atomic E-state index is 12.2. The second-order valence-electron chi connectivity index (χ2n) is 5.08. The minimum absolute atomic E-state index is 0.121. The lowest BCUT2D eigenvalue weighted by Gasteiger charge is -2.19. The number of para-hydroxylation sites is 1.